The molecule has 10 amide bonds. The summed E-state index contributed by atoms with van der Waals surface area (Å²) in [6.07, 6.45) is 29.5. The van der Waals surface area contributed by atoms with E-state index in [4.69, 9.17) is 48.1 Å². The minimum absolute atomic E-state index is 0.0221. The third kappa shape index (κ3) is 78.7. The fourth-order valence-corrected chi connectivity index (χ4v) is 13.1. The number of rotatable bonds is 94. The average Bonchev–Trinajstić information content (AvgIpc) is 0.898. The van der Waals surface area contributed by atoms with Gasteiger partial charge in [0, 0.05) is 90.0 Å². The molecule has 0 fully saturated rings. The normalized spacial score (nSPS) is 12.3. The van der Waals surface area contributed by atoms with E-state index >= 15 is 0 Å². The molecule has 130 heavy (non-hydrogen) atoms. The van der Waals surface area contributed by atoms with Gasteiger partial charge in [-0.05, 0) is 70.6 Å². The summed E-state index contributed by atoms with van der Waals surface area (Å²) in [6, 6.07) is -6.23. The Hall–Kier alpha value is -9.13. The van der Waals surface area contributed by atoms with Gasteiger partial charge in [-0.3, -0.25) is 62.3 Å². The molecule has 0 aliphatic rings. The lowest BCUT2D eigenvalue weighted by Crippen LogP contribution is -2.45. The molecule has 41 nitrogen and oxygen atoms in total. The van der Waals surface area contributed by atoms with Crippen LogP contribution in [-0.4, -0.2) is 300 Å². The van der Waals surface area contributed by atoms with Gasteiger partial charge in [-0.15, -0.1) is 0 Å². The van der Waals surface area contributed by atoms with Crippen molar-refractivity contribution < 1.29 is 150 Å². The first-order chi connectivity index (χ1) is 62.5. The van der Waals surface area contributed by atoms with Gasteiger partial charge in [0.05, 0.1) is 85.3 Å². The third-order valence-corrected chi connectivity index (χ3v) is 20.4. The third-order valence-electron chi connectivity index (χ3n) is 20.4. The largest absolute Gasteiger partial charge is 0.481 e. The number of nitrogens with one attached hydrogen (secondary N) is 10. The molecule has 0 saturated heterocycles. The van der Waals surface area contributed by atoms with Crippen LogP contribution in [0, 0.1) is 5.92 Å². The molecule has 0 unspecified atom stereocenters. The molecule has 0 rings (SSSR count). The van der Waals surface area contributed by atoms with Gasteiger partial charge in [0.2, 0.25) is 59.1 Å². The highest BCUT2D eigenvalue weighted by molar-refractivity contribution is 5.91. The Labute approximate surface area is 765 Å². The number of Topliss-reactive ketones (excluding diaryl/α,β-unsaturated/α-hetero) is 1. The van der Waals surface area contributed by atoms with Crippen molar-refractivity contribution in [3.63, 3.8) is 0 Å². The van der Waals surface area contributed by atoms with Gasteiger partial charge in [-0.1, -0.05) is 168 Å². The zero-order valence-corrected chi connectivity index (χ0v) is 77.1. The number of carbonyl (C=O) groups excluding carboxylic acids is 11. The Morgan fingerprint density at radius 3 is 0.685 bits per heavy atom. The number of hydrogen-bond donors (Lipinski definition) is 16. The van der Waals surface area contributed by atoms with Crippen LogP contribution in [-0.2, 0) is 119 Å². The van der Waals surface area contributed by atoms with Gasteiger partial charge in [0.1, 0.15) is 50.6 Å². The van der Waals surface area contributed by atoms with Crippen molar-refractivity contribution in [3.05, 3.63) is 0 Å². The molecule has 0 saturated carbocycles. The van der Waals surface area contributed by atoms with Crippen LogP contribution in [0.5, 0.6) is 0 Å². The van der Waals surface area contributed by atoms with E-state index in [9.17, 15) is 102 Å². The maximum Gasteiger partial charge on any atom is 0.326 e. The quantitative estimate of drug-likeness (QED) is 0.0328. The molecular formula is C89H156N10O31. The summed E-state index contributed by atoms with van der Waals surface area (Å²) in [5.41, 5.74) is 0. The molecule has 0 aromatic carbocycles. The fourth-order valence-electron chi connectivity index (χ4n) is 13.1. The van der Waals surface area contributed by atoms with Gasteiger partial charge in [0.15, 0.2) is 5.78 Å². The van der Waals surface area contributed by atoms with Crippen LogP contribution < -0.4 is 53.2 Å². The SMILES string of the molecule is CC(C)C(=O)[C@H](CCCCNC(=O)CC[C@H](NC(=O)COCCOCCNC(=O)COCCOCCNC(=O)CC[C@H](NC(=O)CCCCCCCCCCCCCCCCC(=O)O)C(=O)O)C(=O)O)NC(=O)CC[C@H](NC(=O)COCCOCCNC(=O)COCCOCCNC(=O)CC[C@H](NC(=O)CCCCCCCCCCCCCCCCC(=O)O)C(=O)O)C(=O)O. The molecule has 0 radical (unpaired) electrons. The number of unbranched alkanes of at least 4 members (excludes halogenated alkanes) is 27. The Balaban J connectivity index is 4.16. The van der Waals surface area contributed by atoms with Crippen LogP contribution in [0.1, 0.15) is 290 Å². The summed E-state index contributed by atoms with van der Waals surface area (Å²) < 4.78 is 42.8. The molecule has 0 spiro atoms. The molecule has 0 aliphatic carbocycles. The molecular weight excluding hydrogens is 1710 g/mol. The summed E-state index contributed by atoms with van der Waals surface area (Å²) in [4.78, 5) is 206. The Kier molecular flexibility index (Phi) is 78.2. The number of aliphatic carboxylic acids is 6. The number of carboxylic acid groups (broad SMARTS) is 6. The topological polar surface area (TPSA) is 606 Å². The zero-order valence-electron chi connectivity index (χ0n) is 77.1. The highest BCUT2D eigenvalue weighted by Gasteiger charge is 2.28. The monoisotopic (exact) mass is 1860 g/mol. The number of hydrogen-bond acceptors (Lipinski definition) is 25. The number of carbonyl (C=O) groups is 17. The standard InChI is InChI=1S/C89H156N10O31/c1-67(2)85(114)68(95-78(105)45-41-72(89(121)122)99-82(109)66-130-62-58-126-54-50-94-80(107)64-128-60-56-124-52-48-92-75(102)44-39-70(87(117)118)97-77(104)35-28-24-20-16-12-8-4-6-10-14-18-22-26-30-37-84(112)113)33-31-32-46-90-73(100)42-40-71(88(119)120)98-81(108)65-129-61-57-125-53-49-93-79(106)63-127-59-55-123-51-47-91-74(101)43-38-69(86(115)116)96-76(103)34-27-23-19-15-11-7-3-5-9-13-17-21-25-29-36-83(110)111/h67-72H,3-66H2,1-2H3,(H,90,100)(H,91,101)(H,92,102)(H,93,106)(H,94,107)(H,95,105)(H,96,103)(H,97,104)(H,98,108)(H,99,109)(H,110,111)(H,112,113)(H,115,116)(H,117,118)(H,119,120)(H,121,122)/t68-,69-,70-,71-,72-/m0/s1. The molecule has 5 atom stereocenters. The zero-order chi connectivity index (χ0) is 96.3. The Morgan fingerprint density at radius 2 is 0.415 bits per heavy atom. The first kappa shape index (κ1) is 121. The van der Waals surface area contributed by atoms with Crippen molar-refractivity contribution in [3.8, 4) is 0 Å². The average molecular weight is 1860 g/mol. The molecule has 748 valence electrons. The lowest BCUT2D eigenvalue weighted by atomic mass is 9.97. The molecule has 0 aromatic rings. The van der Waals surface area contributed by atoms with Crippen molar-refractivity contribution in [1.82, 2.24) is 53.2 Å². The minimum Gasteiger partial charge on any atom is -0.481 e. The van der Waals surface area contributed by atoms with Crippen LogP contribution in [0.3, 0.4) is 0 Å². The van der Waals surface area contributed by atoms with Gasteiger partial charge >= 0.3 is 35.8 Å². The summed E-state index contributed by atoms with van der Waals surface area (Å²) in [6.45, 7) is 3.16. The predicted octanol–water partition coefficient (Wildman–Crippen LogP) is 5.63. The first-order valence-corrected chi connectivity index (χ1v) is 46.8. The maximum absolute atomic E-state index is 13.1. The molecule has 0 bridgehead atoms. The maximum atomic E-state index is 13.1. The predicted molar refractivity (Wildman–Crippen MR) is 475 cm³/mol. The number of amides is 10. The van der Waals surface area contributed by atoms with E-state index in [0.29, 0.717) is 25.7 Å². The second-order valence-corrected chi connectivity index (χ2v) is 32.3. The smallest absolute Gasteiger partial charge is 0.326 e. The van der Waals surface area contributed by atoms with Crippen molar-refractivity contribution in [1.29, 1.82) is 0 Å². The van der Waals surface area contributed by atoms with E-state index in [2.05, 4.69) is 53.2 Å². The van der Waals surface area contributed by atoms with Gasteiger partial charge in [-0.25, -0.2) is 19.2 Å². The summed E-state index contributed by atoms with van der Waals surface area (Å²) in [5, 5.41) is 81.5. The van der Waals surface area contributed by atoms with Crippen LogP contribution in [0.15, 0.2) is 0 Å². The summed E-state index contributed by atoms with van der Waals surface area (Å²) in [7, 11) is 0. The van der Waals surface area contributed by atoms with E-state index in [-0.39, 0.29) is 226 Å². The molecule has 16 N–H and O–H groups in total. The highest BCUT2D eigenvalue weighted by atomic mass is 16.5. The van der Waals surface area contributed by atoms with Gasteiger partial charge in [-0.2, -0.15) is 0 Å². The van der Waals surface area contributed by atoms with Crippen LogP contribution >= 0.6 is 0 Å². The molecule has 0 aliphatic heterocycles. The first-order valence-electron chi connectivity index (χ1n) is 46.8. The highest BCUT2D eigenvalue weighted by Crippen LogP contribution is 2.18. The van der Waals surface area contributed by atoms with E-state index in [1.54, 1.807) is 13.8 Å². The Bertz CT molecular complexity index is 3170. The fraction of sp³-hybridized carbons (Fsp3) is 0.809. The second kappa shape index (κ2) is 84.2. The van der Waals surface area contributed by atoms with Gasteiger partial charge < -0.3 is 122 Å². The van der Waals surface area contributed by atoms with Crippen molar-refractivity contribution in [2.45, 2.75) is 320 Å². The second-order valence-electron chi connectivity index (χ2n) is 32.3. The number of ketones is 1. The number of carboxylic acids is 6. The molecule has 0 aromatic heterocycles. The minimum atomic E-state index is -1.47. The van der Waals surface area contributed by atoms with Crippen LogP contribution in [0.2, 0.25) is 0 Å². The van der Waals surface area contributed by atoms with Crippen LogP contribution in [0.4, 0.5) is 0 Å². The summed E-state index contributed by atoms with van der Waals surface area (Å²) in [5.74, 6) is -12.6. The lowest BCUT2D eigenvalue weighted by Gasteiger charge is -2.20. The van der Waals surface area contributed by atoms with Crippen molar-refractivity contribution >= 4 is 101 Å². The van der Waals surface area contributed by atoms with Crippen molar-refractivity contribution in [2.75, 3.05) is 138 Å². The summed E-state index contributed by atoms with van der Waals surface area (Å²) >= 11 is 0. The lowest BCUT2D eigenvalue weighted by molar-refractivity contribution is -0.143. The van der Waals surface area contributed by atoms with Crippen molar-refractivity contribution in [2.24, 2.45) is 5.92 Å². The Morgan fingerprint density at radius 1 is 0.200 bits per heavy atom. The molecule has 0 heterocycles. The number of ether oxygens (including phenoxy) is 8. The van der Waals surface area contributed by atoms with Gasteiger partial charge in [0.25, 0.3) is 0 Å². The van der Waals surface area contributed by atoms with E-state index in [1.807, 2.05) is 0 Å². The van der Waals surface area contributed by atoms with E-state index in [0.717, 1.165) is 103 Å². The van der Waals surface area contributed by atoms with E-state index in [1.165, 1.54) is 64.2 Å². The molecule has 41 heteroatoms. The van der Waals surface area contributed by atoms with Crippen LogP contribution in [0.25, 0.3) is 0 Å². The van der Waals surface area contributed by atoms with E-state index < -0.39 is 132 Å².